The molecule has 0 fully saturated rings. The normalized spacial score (nSPS) is 14.1. The summed E-state index contributed by atoms with van der Waals surface area (Å²) in [5.74, 6) is 0. The Morgan fingerprint density at radius 1 is 1.52 bits per heavy atom. The van der Waals surface area contributed by atoms with E-state index >= 15 is 0 Å². The SMILES string of the molecule is CC/C=C/c1n[nH]c2c1CN(C(=O)Nc1cccc(Cl)c1)CC2. The number of allylic oxidation sites excluding steroid dienone is 1. The van der Waals surface area contributed by atoms with E-state index in [4.69, 9.17) is 11.6 Å². The molecule has 23 heavy (non-hydrogen) atoms. The van der Waals surface area contributed by atoms with Crippen LogP contribution in [-0.2, 0) is 13.0 Å². The average Bonchev–Trinajstić information content (AvgIpc) is 2.95. The maximum absolute atomic E-state index is 12.5. The van der Waals surface area contributed by atoms with Crippen LogP contribution in [0.1, 0.15) is 30.3 Å². The lowest BCUT2D eigenvalue weighted by atomic mass is 10.1. The highest BCUT2D eigenvalue weighted by Crippen LogP contribution is 2.22. The van der Waals surface area contributed by atoms with Crippen molar-refractivity contribution >= 4 is 29.4 Å². The molecule has 0 unspecified atom stereocenters. The first kappa shape index (κ1) is 15.6. The number of amides is 2. The number of rotatable bonds is 3. The molecule has 3 rings (SSSR count). The summed E-state index contributed by atoms with van der Waals surface area (Å²) in [7, 11) is 0. The number of anilines is 1. The number of nitrogens with zero attached hydrogens (tertiary/aromatic N) is 2. The Kier molecular flexibility index (Phi) is 4.67. The number of nitrogens with one attached hydrogen (secondary N) is 2. The molecule has 5 nitrogen and oxygen atoms in total. The van der Waals surface area contributed by atoms with Gasteiger partial charge in [0.1, 0.15) is 0 Å². The lowest BCUT2D eigenvalue weighted by Gasteiger charge is -2.27. The number of H-pyrrole nitrogens is 1. The van der Waals surface area contributed by atoms with E-state index in [2.05, 4.69) is 28.5 Å². The van der Waals surface area contributed by atoms with Crippen molar-refractivity contribution in [2.75, 3.05) is 11.9 Å². The highest BCUT2D eigenvalue weighted by Gasteiger charge is 2.24. The molecule has 0 aliphatic carbocycles. The first-order valence-corrected chi connectivity index (χ1v) is 8.09. The van der Waals surface area contributed by atoms with Crippen LogP contribution in [0.2, 0.25) is 5.02 Å². The van der Waals surface area contributed by atoms with Crippen LogP contribution >= 0.6 is 11.6 Å². The van der Waals surface area contributed by atoms with Gasteiger partial charge in [0.2, 0.25) is 0 Å². The van der Waals surface area contributed by atoms with E-state index in [-0.39, 0.29) is 6.03 Å². The van der Waals surface area contributed by atoms with Crippen molar-refractivity contribution in [3.8, 4) is 0 Å². The number of carbonyl (C=O) groups excluding carboxylic acids is 1. The summed E-state index contributed by atoms with van der Waals surface area (Å²) >= 11 is 5.95. The lowest BCUT2D eigenvalue weighted by molar-refractivity contribution is 0.206. The van der Waals surface area contributed by atoms with Crippen LogP contribution < -0.4 is 5.32 Å². The average molecular weight is 331 g/mol. The van der Waals surface area contributed by atoms with Gasteiger partial charge in [0, 0.05) is 34.9 Å². The molecular weight excluding hydrogens is 312 g/mol. The molecule has 2 heterocycles. The number of hydrogen-bond donors (Lipinski definition) is 2. The molecule has 2 N–H and O–H groups in total. The van der Waals surface area contributed by atoms with Crippen LogP contribution in [0.4, 0.5) is 10.5 Å². The minimum absolute atomic E-state index is 0.121. The van der Waals surface area contributed by atoms with Crippen molar-refractivity contribution in [3.63, 3.8) is 0 Å². The molecule has 0 spiro atoms. The standard InChI is InChI=1S/C17H19ClN4O/c1-2-3-7-15-14-11-22(9-8-16(14)21-20-15)17(23)19-13-6-4-5-12(18)10-13/h3-7,10H,2,8-9,11H2,1H3,(H,19,23)(H,20,21)/b7-3+. The predicted octanol–water partition coefficient (Wildman–Crippen LogP) is 4.08. The summed E-state index contributed by atoms with van der Waals surface area (Å²) in [4.78, 5) is 14.3. The Hall–Kier alpha value is -2.27. The molecule has 0 saturated heterocycles. The predicted molar refractivity (Wildman–Crippen MR) is 92.5 cm³/mol. The Labute approximate surface area is 140 Å². The largest absolute Gasteiger partial charge is 0.322 e. The van der Waals surface area contributed by atoms with Gasteiger partial charge in [0.25, 0.3) is 0 Å². The topological polar surface area (TPSA) is 61.0 Å². The first-order chi connectivity index (χ1) is 11.2. The van der Waals surface area contributed by atoms with Gasteiger partial charge in [-0.2, -0.15) is 5.10 Å². The summed E-state index contributed by atoms with van der Waals surface area (Å²) in [6, 6.07) is 7.04. The van der Waals surface area contributed by atoms with Crippen molar-refractivity contribution in [1.29, 1.82) is 0 Å². The quantitative estimate of drug-likeness (QED) is 0.890. The van der Waals surface area contributed by atoms with E-state index in [9.17, 15) is 4.79 Å². The number of aromatic amines is 1. The van der Waals surface area contributed by atoms with Gasteiger partial charge in [-0.25, -0.2) is 4.79 Å². The van der Waals surface area contributed by atoms with Crippen molar-refractivity contribution in [1.82, 2.24) is 15.1 Å². The van der Waals surface area contributed by atoms with Gasteiger partial charge in [-0.1, -0.05) is 30.7 Å². The number of carbonyl (C=O) groups is 1. The zero-order valence-corrected chi connectivity index (χ0v) is 13.7. The van der Waals surface area contributed by atoms with Crippen LogP contribution in [0.25, 0.3) is 6.08 Å². The molecule has 2 aromatic rings. The molecule has 6 heteroatoms. The second kappa shape index (κ2) is 6.87. The summed E-state index contributed by atoms with van der Waals surface area (Å²) < 4.78 is 0. The molecule has 0 radical (unpaired) electrons. The highest BCUT2D eigenvalue weighted by atomic mass is 35.5. The van der Waals surface area contributed by atoms with Crippen LogP contribution in [0.5, 0.6) is 0 Å². The van der Waals surface area contributed by atoms with Gasteiger partial charge >= 0.3 is 6.03 Å². The fourth-order valence-corrected chi connectivity index (χ4v) is 2.82. The van der Waals surface area contributed by atoms with Gasteiger partial charge in [0.05, 0.1) is 12.2 Å². The zero-order valence-electron chi connectivity index (χ0n) is 13.0. The van der Waals surface area contributed by atoms with E-state index in [1.165, 1.54) is 0 Å². The van der Waals surface area contributed by atoms with Gasteiger partial charge in [-0.3, -0.25) is 5.10 Å². The van der Waals surface area contributed by atoms with E-state index < -0.39 is 0 Å². The van der Waals surface area contributed by atoms with Crippen molar-refractivity contribution in [3.05, 3.63) is 52.3 Å². The molecule has 1 aromatic carbocycles. The Morgan fingerprint density at radius 2 is 2.39 bits per heavy atom. The number of halogens is 1. The van der Waals surface area contributed by atoms with Crippen LogP contribution in [-0.4, -0.2) is 27.7 Å². The second-order valence-corrected chi connectivity index (χ2v) is 5.93. The van der Waals surface area contributed by atoms with Crippen molar-refractivity contribution < 1.29 is 4.79 Å². The first-order valence-electron chi connectivity index (χ1n) is 7.71. The zero-order chi connectivity index (χ0) is 16.2. The monoisotopic (exact) mass is 330 g/mol. The number of hydrogen-bond acceptors (Lipinski definition) is 2. The number of urea groups is 1. The Bertz CT molecular complexity index is 738. The molecule has 0 bridgehead atoms. The Balaban J connectivity index is 1.72. The summed E-state index contributed by atoms with van der Waals surface area (Å²) in [5, 5.41) is 10.9. The third kappa shape index (κ3) is 3.56. The summed E-state index contributed by atoms with van der Waals surface area (Å²) in [6.45, 7) is 3.31. The van der Waals surface area contributed by atoms with Crippen LogP contribution in [0, 0.1) is 0 Å². The van der Waals surface area contributed by atoms with Gasteiger partial charge < -0.3 is 10.2 Å². The molecule has 0 saturated carbocycles. The van der Waals surface area contributed by atoms with Gasteiger partial charge in [-0.05, 0) is 30.7 Å². The molecule has 1 aliphatic heterocycles. The minimum Gasteiger partial charge on any atom is -0.320 e. The summed E-state index contributed by atoms with van der Waals surface area (Å²) in [6.07, 6.45) is 5.82. The van der Waals surface area contributed by atoms with Crippen molar-refractivity contribution in [2.45, 2.75) is 26.3 Å². The molecule has 120 valence electrons. The molecule has 1 aliphatic rings. The number of fused-ring (bicyclic) bond motifs is 1. The van der Waals surface area contributed by atoms with E-state index in [1.807, 2.05) is 18.2 Å². The highest BCUT2D eigenvalue weighted by molar-refractivity contribution is 6.30. The smallest absolute Gasteiger partial charge is 0.320 e. The number of aromatic nitrogens is 2. The molecule has 2 amide bonds. The number of benzene rings is 1. The minimum atomic E-state index is -0.121. The van der Waals surface area contributed by atoms with E-state index in [0.29, 0.717) is 23.8 Å². The van der Waals surface area contributed by atoms with E-state index in [0.717, 1.165) is 29.8 Å². The fraction of sp³-hybridized carbons (Fsp3) is 0.294. The maximum Gasteiger partial charge on any atom is 0.322 e. The maximum atomic E-state index is 12.5. The third-order valence-corrected chi connectivity index (χ3v) is 4.08. The van der Waals surface area contributed by atoms with Crippen LogP contribution in [0.15, 0.2) is 30.3 Å². The van der Waals surface area contributed by atoms with Crippen molar-refractivity contribution in [2.24, 2.45) is 0 Å². The lowest BCUT2D eigenvalue weighted by Crippen LogP contribution is -2.38. The molecular formula is C17H19ClN4O. The fourth-order valence-electron chi connectivity index (χ4n) is 2.63. The summed E-state index contributed by atoms with van der Waals surface area (Å²) in [5.41, 5.74) is 3.84. The van der Waals surface area contributed by atoms with Crippen LogP contribution in [0.3, 0.4) is 0 Å². The van der Waals surface area contributed by atoms with E-state index in [1.54, 1.807) is 17.0 Å². The Morgan fingerprint density at radius 3 is 3.17 bits per heavy atom. The second-order valence-electron chi connectivity index (χ2n) is 5.49. The molecule has 0 atom stereocenters. The molecule has 1 aromatic heterocycles. The van der Waals surface area contributed by atoms with Gasteiger partial charge in [0.15, 0.2) is 0 Å². The third-order valence-electron chi connectivity index (χ3n) is 3.84. The van der Waals surface area contributed by atoms with Gasteiger partial charge in [-0.15, -0.1) is 0 Å².